The number of nitrogens with one attached hydrogen (secondary N) is 2. The Morgan fingerprint density at radius 2 is 1.96 bits per heavy atom. The number of nitrogens with zero attached hydrogens (tertiary/aromatic N) is 1. The lowest BCUT2D eigenvalue weighted by Gasteiger charge is -2.41. The van der Waals surface area contributed by atoms with Gasteiger partial charge in [0.1, 0.15) is 10.6 Å². The van der Waals surface area contributed by atoms with E-state index in [2.05, 4.69) is 10.0 Å². The number of aliphatic hydroxyl groups is 1. The van der Waals surface area contributed by atoms with Crippen LogP contribution in [0.25, 0.3) is 0 Å². The van der Waals surface area contributed by atoms with Crippen molar-refractivity contribution in [3.63, 3.8) is 0 Å². The molecule has 1 aromatic heterocycles. The van der Waals surface area contributed by atoms with Crippen molar-refractivity contribution < 1.29 is 23.1 Å². The molecule has 0 radical (unpaired) electrons. The van der Waals surface area contributed by atoms with Crippen LogP contribution in [0.1, 0.15) is 28.0 Å². The molecule has 1 aliphatic heterocycles. The van der Waals surface area contributed by atoms with E-state index in [0.29, 0.717) is 5.69 Å². The van der Waals surface area contributed by atoms with Gasteiger partial charge in [-0.1, -0.05) is 6.07 Å². The number of aromatic nitrogens is 1. The average molecular weight is 407 g/mol. The number of amides is 1. The minimum Gasteiger partial charge on any atom is -0.396 e. The van der Waals surface area contributed by atoms with Gasteiger partial charge >= 0.3 is 0 Å². The van der Waals surface area contributed by atoms with Crippen LogP contribution in [0.2, 0.25) is 0 Å². The van der Waals surface area contributed by atoms with Crippen LogP contribution in [-0.2, 0) is 21.8 Å². The summed E-state index contributed by atoms with van der Waals surface area (Å²) in [5.74, 6) is -0.399. The van der Waals surface area contributed by atoms with Crippen molar-refractivity contribution in [1.29, 1.82) is 0 Å². The number of anilines is 1. The van der Waals surface area contributed by atoms with Gasteiger partial charge < -0.3 is 19.7 Å². The van der Waals surface area contributed by atoms with E-state index in [9.17, 15) is 18.3 Å². The molecule has 3 N–H and O–H groups in total. The fourth-order valence-electron chi connectivity index (χ4n) is 3.08. The summed E-state index contributed by atoms with van der Waals surface area (Å²) in [5, 5.41) is 12.0. The Labute approximate surface area is 164 Å². The molecule has 1 aromatic carbocycles. The third-order valence-electron chi connectivity index (χ3n) is 4.99. The van der Waals surface area contributed by atoms with Gasteiger partial charge in [0.25, 0.3) is 5.91 Å². The first-order valence-electron chi connectivity index (χ1n) is 8.93. The molecule has 28 heavy (non-hydrogen) atoms. The van der Waals surface area contributed by atoms with Gasteiger partial charge in [-0.05, 0) is 49.6 Å². The Bertz CT molecular complexity index is 993. The second kappa shape index (κ2) is 7.67. The lowest BCUT2D eigenvalue weighted by Crippen LogP contribution is -2.62. The smallest absolute Gasteiger partial charge is 0.272 e. The molecular formula is C19H25N3O5S. The van der Waals surface area contributed by atoms with Crippen molar-refractivity contribution in [3.05, 3.63) is 47.3 Å². The van der Waals surface area contributed by atoms with Crippen LogP contribution in [0.4, 0.5) is 5.69 Å². The second-order valence-corrected chi connectivity index (χ2v) is 8.96. The molecular weight excluding hydrogens is 382 g/mol. The van der Waals surface area contributed by atoms with Gasteiger partial charge in [-0.2, -0.15) is 0 Å². The SMILES string of the molecule is Cc1ccc(NC(=O)c2cc(S(=O)(=O)NC3(CCO)COC3)cn2C)cc1C. The molecule has 0 unspecified atom stereocenters. The first-order valence-corrected chi connectivity index (χ1v) is 10.4. The number of hydrogen-bond acceptors (Lipinski definition) is 5. The fourth-order valence-corrected chi connectivity index (χ4v) is 4.55. The van der Waals surface area contributed by atoms with Crippen molar-refractivity contribution in [3.8, 4) is 0 Å². The number of aliphatic hydroxyl groups excluding tert-OH is 1. The van der Waals surface area contributed by atoms with Gasteiger partial charge in [-0.3, -0.25) is 4.79 Å². The summed E-state index contributed by atoms with van der Waals surface area (Å²) in [6.07, 6.45) is 1.66. The Balaban J connectivity index is 1.79. The van der Waals surface area contributed by atoms with Crippen LogP contribution in [0.3, 0.4) is 0 Å². The molecule has 1 fully saturated rings. The highest BCUT2D eigenvalue weighted by molar-refractivity contribution is 7.89. The largest absolute Gasteiger partial charge is 0.396 e. The van der Waals surface area contributed by atoms with Crippen molar-refractivity contribution >= 4 is 21.6 Å². The van der Waals surface area contributed by atoms with E-state index in [1.54, 1.807) is 13.1 Å². The van der Waals surface area contributed by atoms with E-state index in [1.807, 2.05) is 26.0 Å². The zero-order valence-electron chi connectivity index (χ0n) is 16.2. The van der Waals surface area contributed by atoms with Crippen molar-refractivity contribution in [2.75, 3.05) is 25.1 Å². The summed E-state index contributed by atoms with van der Waals surface area (Å²) in [7, 11) is -2.25. The molecule has 2 heterocycles. The molecule has 8 nitrogen and oxygen atoms in total. The molecule has 1 amide bonds. The average Bonchev–Trinajstić information content (AvgIpc) is 2.99. The van der Waals surface area contributed by atoms with Crippen LogP contribution in [0.5, 0.6) is 0 Å². The molecule has 3 rings (SSSR count). The van der Waals surface area contributed by atoms with Crippen LogP contribution in [0.15, 0.2) is 35.4 Å². The van der Waals surface area contributed by atoms with E-state index in [-0.39, 0.29) is 36.8 Å². The predicted octanol–water partition coefficient (Wildman–Crippen LogP) is 1.32. The summed E-state index contributed by atoms with van der Waals surface area (Å²) in [6, 6.07) is 6.92. The molecule has 0 bridgehead atoms. The monoisotopic (exact) mass is 407 g/mol. The Morgan fingerprint density at radius 1 is 1.25 bits per heavy atom. The van der Waals surface area contributed by atoms with E-state index in [0.717, 1.165) is 11.1 Å². The maximum absolute atomic E-state index is 12.8. The number of carbonyl (C=O) groups excluding carboxylic acids is 1. The Hall–Kier alpha value is -2.20. The van der Waals surface area contributed by atoms with Crippen LogP contribution >= 0.6 is 0 Å². The van der Waals surface area contributed by atoms with Gasteiger partial charge in [0.2, 0.25) is 10.0 Å². The second-order valence-electron chi connectivity index (χ2n) is 7.28. The lowest BCUT2D eigenvalue weighted by atomic mass is 9.95. The molecule has 0 atom stereocenters. The minimum atomic E-state index is -3.86. The molecule has 0 spiro atoms. The number of sulfonamides is 1. The summed E-state index contributed by atoms with van der Waals surface area (Å²) in [5.41, 5.74) is 2.23. The number of benzene rings is 1. The van der Waals surface area contributed by atoms with Gasteiger partial charge in [-0.15, -0.1) is 0 Å². The van der Waals surface area contributed by atoms with Gasteiger partial charge in [0, 0.05) is 25.5 Å². The Morgan fingerprint density at radius 3 is 2.54 bits per heavy atom. The highest BCUT2D eigenvalue weighted by Gasteiger charge is 2.42. The van der Waals surface area contributed by atoms with Crippen molar-refractivity contribution in [2.24, 2.45) is 7.05 Å². The first kappa shape index (κ1) is 20.5. The van der Waals surface area contributed by atoms with Gasteiger partial charge in [0.05, 0.1) is 18.8 Å². The molecule has 1 aliphatic rings. The van der Waals surface area contributed by atoms with Crippen molar-refractivity contribution in [1.82, 2.24) is 9.29 Å². The molecule has 152 valence electrons. The topological polar surface area (TPSA) is 110 Å². The summed E-state index contributed by atoms with van der Waals surface area (Å²) < 4.78 is 34.7. The van der Waals surface area contributed by atoms with Gasteiger partial charge in [0.15, 0.2) is 0 Å². The van der Waals surface area contributed by atoms with E-state index < -0.39 is 21.5 Å². The highest BCUT2D eigenvalue weighted by atomic mass is 32.2. The third kappa shape index (κ3) is 4.12. The summed E-state index contributed by atoms with van der Waals surface area (Å²) in [6.45, 7) is 4.21. The molecule has 2 aromatic rings. The maximum atomic E-state index is 12.8. The zero-order chi connectivity index (χ0) is 20.5. The summed E-state index contributed by atoms with van der Waals surface area (Å²) >= 11 is 0. The van der Waals surface area contributed by atoms with E-state index >= 15 is 0 Å². The van der Waals surface area contributed by atoms with E-state index in [4.69, 9.17) is 4.74 Å². The van der Waals surface area contributed by atoms with Gasteiger partial charge in [-0.25, -0.2) is 13.1 Å². The third-order valence-corrected chi connectivity index (χ3v) is 6.53. The highest BCUT2D eigenvalue weighted by Crippen LogP contribution is 2.25. The number of aryl methyl sites for hydroxylation is 3. The number of ether oxygens (including phenoxy) is 1. The van der Waals surface area contributed by atoms with E-state index in [1.165, 1.54) is 16.8 Å². The molecule has 0 aliphatic carbocycles. The lowest BCUT2D eigenvalue weighted by molar-refractivity contribution is -0.0720. The van der Waals surface area contributed by atoms with Crippen LogP contribution in [-0.4, -0.2) is 49.4 Å². The van der Waals surface area contributed by atoms with Crippen LogP contribution < -0.4 is 10.0 Å². The van der Waals surface area contributed by atoms with Crippen LogP contribution in [0, 0.1) is 13.8 Å². The predicted molar refractivity (Wildman–Crippen MR) is 105 cm³/mol. The molecule has 9 heteroatoms. The normalized spacial score (nSPS) is 15.9. The van der Waals surface area contributed by atoms with Crippen molar-refractivity contribution in [2.45, 2.75) is 30.7 Å². The number of rotatable bonds is 7. The minimum absolute atomic E-state index is 0.00977. The first-order chi connectivity index (χ1) is 13.2. The Kier molecular flexibility index (Phi) is 5.62. The standard InChI is InChI=1S/C19H25N3O5S/c1-13-4-5-15(8-14(13)2)20-18(24)17-9-16(10-22(17)3)28(25,26)21-19(6-7-23)11-27-12-19/h4-5,8-10,21,23H,6-7,11-12H2,1-3H3,(H,20,24). The summed E-state index contributed by atoms with van der Waals surface area (Å²) in [4.78, 5) is 12.6. The zero-order valence-corrected chi connectivity index (χ0v) is 17.0. The fraction of sp³-hybridized carbons (Fsp3) is 0.421. The molecule has 0 saturated carbocycles. The number of hydrogen-bond donors (Lipinski definition) is 3. The molecule has 1 saturated heterocycles. The quantitative estimate of drug-likeness (QED) is 0.641. The number of carbonyl (C=O) groups is 1. The maximum Gasteiger partial charge on any atom is 0.272 e.